The molecular formula is C12H28N2O. The highest BCUT2D eigenvalue weighted by Gasteiger charge is 2.20. The second-order valence-corrected chi connectivity index (χ2v) is 4.35. The maximum absolute atomic E-state index is 9.34. The minimum Gasteiger partial charge on any atom is -0.395 e. The molecule has 0 bridgehead atoms. The molecule has 0 aromatic carbocycles. The van der Waals surface area contributed by atoms with Crippen LogP contribution in [-0.4, -0.2) is 41.8 Å². The average Bonchev–Trinajstić information content (AvgIpc) is 2.21. The molecule has 0 saturated carbocycles. The normalized spacial score (nSPS) is 15.6. The zero-order valence-electron chi connectivity index (χ0n) is 10.6. The molecule has 3 heteroatoms. The lowest BCUT2D eigenvalue weighted by Gasteiger charge is -2.33. The monoisotopic (exact) mass is 216 g/mol. The first kappa shape index (κ1) is 14.9. The zero-order valence-corrected chi connectivity index (χ0v) is 10.6. The second-order valence-electron chi connectivity index (χ2n) is 4.35. The Kier molecular flexibility index (Phi) is 9.06. The van der Waals surface area contributed by atoms with Crippen LogP contribution in [0.4, 0.5) is 0 Å². The van der Waals surface area contributed by atoms with Crippen LogP contribution in [0.5, 0.6) is 0 Å². The van der Waals surface area contributed by atoms with Crippen molar-refractivity contribution < 1.29 is 5.11 Å². The van der Waals surface area contributed by atoms with E-state index < -0.39 is 0 Å². The number of rotatable bonds is 9. The van der Waals surface area contributed by atoms with Crippen LogP contribution in [0.3, 0.4) is 0 Å². The Morgan fingerprint density at radius 2 is 1.60 bits per heavy atom. The second kappa shape index (κ2) is 9.13. The van der Waals surface area contributed by atoms with Crippen molar-refractivity contribution in [2.45, 2.75) is 58.5 Å². The average molecular weight is 216 g/mol. The Morgan fingerprint density at radius 3 is 1.87 bits per heavy atom. The molecule has 0 radical (unpaired) electrons. The van der Waals surface area contributed by atoms with Gasteiger partial charge in [0, 0.05) is 12.1 Å². The van der Waals surface area contributed by atoms with Crippen molar-refractivity contribution in [2.24, 2.45) is 5.73 Å². The van der Waals surface area contributed by atoms with Gasteiger partial charge in [0.15, 0.2) is 0 Å². The number of hydrogen-bond donors (Lipinski definition) is 2. The van der Waals surface area contributed by atoms with Crippen LogP contribution in [0.25, 0.3) is 0 Å². The van der Waals surface area contributed by atoms with Gasteiger partial charge in [0.05, 0.1) is 6.61 Å². The summed E-state index contributed by atoms with van der Waals surface area (Å²) in [5, 5.41) is 9.34. The molecule has 0 heterocycles. The van der Waals surface area contributed by atoms with Crippen LogP contribution in [0.2, 0.25) is 0 Å². The quantitative estimate of drug-likeness (QED) is 0.615. The minimum atomic E-state index is 0.0451. The summed E-state index contributed by atoms with van der Waals surface area (Å²) in [5.41, 5.74) is 5.89. The Hall–Kier alpha value is -0.120. The summed E-state index contributed by atoms with van der Waals surface area (Å²) < 4.78 is 0. The van der Waals surface area contributed by atoms with Gasteiger partial charge in [0.1, 0.15) is 0 Å². The molecule has 3 N–H and O–H groups in total. The highest BCUT2D eigenvalue weighted by atomic mass is 16.3. The third-order valence-corrected chi connectivity index (χ3v) is 2.86. The van der Waals surface area contributed by atoms with Crippen LogP contribution < -0.4 is 5.73 Å². The highest BCUT2D eigenvalue weighted by molar-refractivity contribution is 4.78. The van der Waals surface area contributed by atoms with Crippen molar-refractivity contribution in [3.63, 3.8) is 0 Å². The summed E-state index contributed by atoms with van der Waals surface area (Å²) in [7, 11) is 0. The molecule has 0 saturated heterocycles. The van der Waals surface area contributed by atoms with E-state index in [9.17, 15) is 5.11 Å². The minimum absolute atomic E-state index is 0.0451. The first-order chi connectivity index (χ1) is 7.17. The van der Waals surface area contributed by atoms with Crippen molar-refractivity contribution in [3.05, 3.63) is 0 Å². The molecule has 0 aliphatic heterocycles. The molecule has 0 spiro atoms. The van der Waals surface area contributed by atoms with E-state index in [0.29, 0.717) is 0 Å². The summed E-state index contributed by atoms with van der Waals surface area (Å²) in [4.78, 5) is 2.34. The van der Waals surface area contributed by atoms with Gasteiger partial charge in [-0.3, -0.25) is 4.90 Å². The molecule has 0 aliphatic carbocycles. The van der Waals surface area contributed by atoms with Crippen LogP contribution in [-0.2, 0) is 0 Å². The summed E-state index contributed by atoms with van der Waals surface area (Å²) in [5.74, 6) is 0. The maximum Gasteiger partial charge on any atom is 0.0601 e. The topological polar surface area (TPSA) is 49.5 Å². The lowest BCUT2D eigenvalue weighted by Crippen LogP contribution is -2.49. The lowest BCUT2D eigenvalue weighted by molar-refractivity contribution is 0.105. The number of unbranched alkanes of at least 4 members (excludes halogenated alkanes) is 2. The van der Waals surface area contributed by atoms with Gasteiger partial charge in [-0.05, 0) is 32.9 Å². The third kappa shape index (κ3) is 6.13. The third-order valence-electron chi connectivity index (χ3n) is 2.86. The molecule has 15 heavy (non-hydrogen) atoms. The summed E-state index contributed by atoms with van der Waals surface area (Å²) >= 11 is 0. The first-order valence-corrected chi connectivity index (χ1v) is 6.27. The van der Waals surface area contributed by atoms with E-state index in [1.165, 1.54) is 25.7 Å². The maximum atomic E-state index is 9.34. The predicted octanol–water partition coefficient (Wildman–Crippen LogP) is 1.60. The van der Waals surface area contributed by atoms with Gasteiger partial charge >= 0.3 is 0 Å². The van der Waals surface area contributed by atoms with E-state index in [2.05, 4.69) is 18.7 Å². The molecule has 92 valence electrons. The van der Waals surface area contributed by atoms with E-state index in [-0.39, 0.29) is 18.7 Å². The van der Waals surface area contributed by atoms with E-state index in [1.807, 2.05) is 6.92 Å². The van der Waals surface area contributed by atoms with Crippen LogP contribution in [0.15, 0.2) is 0 Å². The first-order valence-electron chi connectivity index (χ1n) is 6.27. The largest absolute Gasteiger partial charge is 0.395 e. The lowest BCUT2D eigenvalue weighted by atomic mass is 10.1. The van der Waals surface area contributed by atoms with E-state index in [4.69, 9.17) is 5.73 Å². The smallest absolute Gasteiger partial charge is 0.0601 e. The molecule has 0 aromatic rings. The van der Waals surface area contributed by atoms with E-state index >= 15 is 0 Å². The fourth-order valence-electron chi connectivity index (χ4n) is 1.78. The van der Waals surface area contributed by atoms with Gasteiger partial charge in [0.2, 0.25) is 0 Å². The fourth-order valence-corrected chi connectivity index (χ4v) is 1.78. The number of aliphatic hydroxyl groups excluding tert-OH is 1. The molecule has 0 aromatic heterocycles. The molecule has 2 unspecified atom stereocenters. The summed E-state index contributed by atoms with van der Waals surface area (Å²) in [6, 6.07) is 0.173. The van der Waals surface area contributed by atoms with Crippen LogP contribution in [0, 0.1) is 0 Å². The Balaban J connectivity index is 4.15. The van der Waals surface area contributed by atoms with Gasteiger partial charge < -0.3 is 10.8 Å². The van der Waals surface area contributed by atoms with Gasteiger partial charge in [-0.15, -0.1) is 0 Å². The number of aliphatic hydroxyl groups is 1. The van der Waals surface area contributed by atoms with Crippen molar-refractivity contribution in [2.75, 3.05) is 19.7 Å². The zero-order chi connectivity index (χ0) is 11.7. The Labute approximate surface area is 94.6 Å². The number of hydrogen-bond acceptors (Lipinski definition) is 3. The van der Waals surface area contributed by atoms with Gasteiger partial charge in [-0.25, -0.2) is 0 Å². The van der Waals surface area contributed by atoms with Crippen molar-refractivity contribution in [1.82, 2.24) is 4.90 Å². The molecule has 3 nitrogen and oxygen atoms in total. The number of nitrogens with zero attached hydrogens (tertiary/aromatic N) is 1. The molecular weight excluding hydrogens is 188 g/mol. The highest BCUT2D eigenvalue weighted by Crippen LogP contribution is 2.07. The Morgan fingerprint density at radius 1 is 1.13 bits per heavy atom. The summed E-state index contributed by atoms with van der Waals surface area (Å²) in [6.07, 6.45) is 4.76. The standard InChI is InChI=1S/C12H28N2O/c1-4-6-8-14(9-7-5-2)12(10-15)11(3)13/h11-12,15H,4-10,13H2,1-3H3. The molecule has 0 rings (SSSR count). The van der Waals surface area contributed by atoms with Gasteiger partial charge in [-0.1, -0.05) is 26.7 Å². The van der Waals surface area contributed by atoms with Crippen LogP contribution >= 0.6 is 0 Å². The van der Waals surface area contributed by atoms with Crippen molar-refractivity contribution in [1.29, 1.82) is 0 Å². The predicted molar refractivity (Wildman–Crippen MR) is 65.9 cm³/mol. The fraction of sp³-hybridized carbons (Fsp3) is 1.00. The molecule has 2 atom stereocenters. The van der Waals surface area contributed by atoms with Crippen molar-refractivity contribution >= 4 is 0 Å². The molecule has 0 aliphatic rings. The van der Waals surface area contributed by atoms with E-state index in [0.717, 1.165) is 13.1 Å². The SMILES string of the molecule is CCCCN(CCCC)C(CO)C(C)N. The number of nitrogens with two attached hydrogens (primary N) is 1. The Bertz CT molecular complexity index is 132. The van der Waals surface area contributed by atoms with Crippen molar-refractivity contribution in [3.8, 4) is 0 Å². The summed E-state index contributed by atoms with van der Waals surface area (Å²) in [6.45, 7) is 8.65. The van der Waals surface area contributed by atoms with E-state index in [1.54, 1.807) is 0 Å². The molecule has 0 amide bonds. The van der Waals surface area contributed by atoms with Gasteiger partial charge in [-0.2, -0.15) is 0 Å². The van der Waals surface area contributed by atoms with Gasteiger partial charge in [0.25, 0.3) is 0 Å². The molecule has 0 fully saturated rings. The van der Waals surface area contributed by atoms with Crippen LogP contribution in [0.1, 0.15) is 46.5 Å².